The Morgan fingerprint density at radius 2 is 0.762 bits per heavy atom. The van der Waals surface area contributed by atoms with Crippen LogP contribution in [-0.4, -0.2) is 15.0 Å². The normalized spacial score (nSPS) is 12.7. The highest BCUT2D eigenvalue weighted by Crippen LogP contribution is 2.49. The Kier molecular flexibility index (Phi) is 8.52. The van der Waals surface area contributed by atoms with E-state index in [2.05, 4.69) is 220 Å². The molecule has 11 aromatic rings. The van der Waals surface area contributed by atoms with Crippen molar-refractivity contribution in [3.8, 4) is 78.7 Å². The van der Waals surface area contributed by atoms with Gasteiger partial charge in [-0.05, 0) is 100 Å². The number of benzene rings is 10. The second kappa shape index (κ2) is 14.6. The van der Waals surface area contributed by atoms with Crippen molar-refractivity contribution in [1.29, 1.82) is 0 Å². The molecule has 1 aliphatic rings. The van der Waals surface area contributed by atoms with Gasteiger partial charge in [0.1, 0.15) is 0 Å². The van der Waals surface area contributed by atoms with E-state index in [9.17, 15) is 0 Å². The summed E-state index contributed by atoms with van der Waals surface area (Å²) in [5, 5.41) is 7.45. The Morgan fingerprint density at radius 1 is 0.286 bits per heavy atom. The fraction of sp³-hybridized carbons (Fsp3) is 0.0500. The van der Waals surface area contributed by atoms with E-state index < -0.39 is 0 Å². The van der Waals surface area contributed by atoms with Crippen LogP contribution in [-0.2, 0) is 5.41 Å². The topological polar surface area (TPSA) is 38.7 Å². The molecule has 1 heterocycles. The molecule has 0 saturated carbocycles. The molecule has 0 bridgehead atoms. The van der Waals surface area contributed by atoms with E-state index in [1.165, 1.54) is 71.3 Å². The van der Waals surface area contributed by atoms with Crippen LogP contribution in [0.4, 0.5) is 0 Å². The van der Waals surface area contributed by atoms with Crippen molar-refractivity contribution in [3.05, 3.63) is 223 Å². The fourth-order valence-electron chi connectivity index (χ4n) is 9.82. The number of hydrogen-bond acceptors (Lipinski definition) is 3. The van der Waals surface area contributed by atoms with Gasteiger partial charge in [-0.15, -0.1) is 0 Å². The molecule has 1 aromatic heterocycles. The highest BCUT2D eigenvalue weighted by Gasteiger charge is 2.35. The summed E-state index contributed by atoms with van der Waals surface area (Å²) in [5.74, 6) is 1.90. The van der Waals surface area contributed by atoms with Crippen LogP contribution in [0.5, 0.6) is 0 Å². The van der Waals surface area contributed by atoms with Crippen LogP contribution >= 0.6 is 0 Å². The molecule has 1 aliphatic carbocycles. The minimum Gasteiger partial charge on any atom is -0.208 e. The summed E-state index contributed by atoms with van der Waals surface area (Å²) in [6.45, 7) is 4.66. The number of hydrogen-bond donors (Lipinski definition) is 0. The summed E-state index contributed by atoms with van der Waals surface area (Å²) in [5.41, 5.74) is 15.2. The van der Waals surface area contributed by atoms with Crippen LogP contribution in [0.3, 0.4) is 0 Å². The maximum atomic E-state index is 5.17. The first-order valence-electron chi connectivity index (χ1n) is 21.7. The lowest BCUT2D eigenvalue weighted by Gasteiger charge is -2.22. The van der Waals surface area contributed by atoms with E-state index in [-0.39, 0.29) is 5.41 Å². The SMILES string of the molecule is CC1(C)c2ccccc2-c2ccc(-c3ccc(-c4nc(-c5ccc(-c6ccccc6)cc5)nc(-c5ccc(-c6c7ccccc7cc7c6ccc6ccccc67)cc5)n4)cc3)cc21. The van der Waals surface area contributed by atoms with Crippen LogP contribution in [0.2, 0.25) is 0 Å². The maximum Gasteiger partial charge on any atom is 0.164 e. The summed E-state index contributed by atoms with van der Waals surface area (Å²) >= 11 is 0. The van der Waals surface area contributed by atoms with Gasteiger partial charge in [0.2, 0.25) is 0 Å². The summed E-state index contributed by atoms with van der Waals surface area (Å²) < 4.78 is 0. The van der Waals surface area contributed by atoms with Gasteiger partial charge in [0, 0.05) is 22.1 Å². The summed E-state index contributed by atoms with van der Waals surface area (Å²) in [4.78, 5) is 15.4. The smallest absolute Gasteiger partial charge is 0.164 e. The van der Waals surface area contributed by atoms with Gasteiger partial charge < -0.3 is 0 Å². The summed E-state index contributed by atoms with van der Waals surface area (Å²) in [6, 6.07) is 76.3. The number of rotatable bonds is 6. The zero-order valence-corrected chi connectivity index (χ0v) is 35.0. The van der Waals surface area contributed by atoms with E-state index >= 15 is 0 Å². The predicted molar refractivity (Wildman–Crippen MR) is 263 cm³/mol. The standard InChI is InChI=1S/C60H41N3/c1-60(2)54-19-11-10-18-50(54)51-34-33-46(37-55(51)60)40-22-28-44(29-23-40)58-61-57(43-26-20-39(21-27-43)38-12-4-3-5-13-38)62-59(63-58)45-30-24-42(25-31-45)56-49-17-9-7-15-47(49)36-53-48-16-8-6-14-41(48)32-35-52(53)56/h3-37H,1-2H3. The average Bonchev–Trinajstić information content (AvgIpc) is 3.58. The minimum atomic E-state index is -0.0609. The molecule has 0 fully saturated rings. The highest BCUT2D eigenvalue weighted by atomic mass is 15.0. The third-order valence-corrected chi connectivity index (χ3v) is 13.1. The molecule has 0 atom stereocenters. The van der Waals surface area contributed by atoms with E-state index in [0.717, 1.165) is 33.4 Å². The first kappa shape index (κ1) is 36.8. The van der Waals surface area contributed by atoms with Crippen molar-refractivity contribution < 1.29 is 0 Å². The Bertz CT molecular complexity index is 3550. The van der Waals surface area contributed by atoms with Gasteiger partial charge in [-0.1, -0.05) is 214 Å². The summed E-state index contributed by atoms with van der Waals surface area (Å²) in [6.07, 6.45) is 0. The zero-order valence-electron chi connectivity index (χ0n) is 35.0. The maximum absolute atomic E-state index is 5.17. The molecule has 10 aromatic carbocycles. The van der Waals surface area contributed by atoms with Crippen molar-refractivity contribution in [3.63, 3.8) is 0 Å². The van der Waals surface area contributed by atoms with Crippen molar-refractivity contribution in [2.24, 2.45) is 0 Å². The number of nitrogens with zero attached hydrogens (tertiary/aromatic N) is 3. The summed E-state index contributed by atoms with van der Waals surface area (Å²) in [7, 11) is 0. The van der Waals surface area contributed by atoms with Crippen LogP contribution in [0.15, 0.2) is 212 Å². The molecule has 63 heavy (non-hydrogen) atoms. The van der Waals surface area contributed by atoms with E-state index in [4.69, 9.17) is 15.0 Å². The molecule has 0 amide bonds. The van der Waals surface area contributed by atoms with Gasteiger partial charge in [0.25, 0.3) is 0 Å². The molecule has 0 N–H and O–H groups in total. The first-order valence-corrected chi connectivity index (χ1v) is 21.7. The van der Waals surface area contributed by atoms with E-state index in [0.29, 0.717) is 17.5 Å². The van der Waals surface area contributed by atoms with Crippen LogP contribution < -0.4 is 0 Å². The van der Waals surface area contributed by atoms with E-state index in [1.807, 2.05) is 6.07 Å². The van der Waals surface area contributed by atoms with Crippen molar-refractivity contribution >= 4 is 32.3 Å². The predicted octanol–water partition coefficient (Wildman–Crippen LogP) is 15.6. The third kappa shape index (κ3) is 6.23. The second-order valence-electron chi connectivity index (χ2n) is 17.2. The van der Waals surface area contributed by atoms with Gasteiger partial charge in [-0.25, -0.2) is 15.0 Å². The van der Waals surface area contributed by atoms with Crippen molar-refractivity contribution in [2.45, 2.75) is 19.3 Å². The molecule has 3 nitrogen and oxygen atoms in total. The Balaban J connectivity index is 0.945. The lowest BCUT2D eigenvalue weighted by molar-refractivity contribution is 0.660. The van der Waals surface area contributed by atoms with Gasteiger partial charge >= 0.3 is 0 Å². The molecule has 0 saturated heterocycles. The molecule has 296 valence electrons. The van der Waals surface area contributed by atoms with Crippen molar-refractivity contribution in [1.82, 2.24) is 15.0 Å². The van der Waals surface area contributed by atoms with Crippen LogP contribution in [0.1, 0.15) is 25.0 Å². The molecular formula is C60H41N3. The molecule has 3 heteroatoms. The largest absolute Gasteiger partial charge is 0.208 e. The highest BCUT2D eigenvalue weighted by molar-refractivity contribution is 6.20. The average molecular weight is 804 g/mol. The lowest BCUT2D eigenvalue weighted by atomic mass is 9.81. The molecule has 0 radical (unpaired) electrons. The third-order valence-electron chi connectivity index (χ3n) is 13.1. The molecule has 12 rings (SSSR count). The fourth-order valence-corrected chi connectivity index (χ4v) is 9.82. The van der Waals surface area contributed by atoms with Crippen LogP contribution in [0, 0.1) is 0 Å². The van der Waals surface area contributed by atoms with Crippen molar-refractivity contribution in [2.75, 3.05) is 0 Å². The molecule has 0 unspecified atom stereocenters. The Labute approximate surface area is 367 Å². The monoisotopic (exact) mass is 803 g/mol. The van der Waals surface area contributed by atoms with Gasteiger partial charge in [-0.2, -0.15) is 0 Å². The lowest BCUT2D eigenvalue weighted by Crippen LogP contribution is -2.14. The second-order valence-corrected chi connectivity index (χ2v) is 17.2. The van der Waals surface area contributed by atoms with Gasteiger partial charge in [-0.3, -0.25) is 0 Å². The first-order chi connectivity index (χ1) is 31.0. The Hall–Kier alpha value is -8.01. The molecule has 0 spiro atoms. The van der Waals surface area contributed by atoms with Gasteiger partial charge in [0.05, 0.1) is 0 Å². The quantitative estimate of drug-likeness (QED) is 0.124. The molecular weight excluding hydrogens is 763 g/mol. The van der Waals surface area contributed by atoms with E-state index in [1.54, 1.807) is 0 Å². The minimum absolute atomic E-state index is 0.0609. The Morgan fingerprint density at radius 3 is 1.43 bits per heavy atom. The number of aromatic nitrogens is 3. The van der Waals surface area contributed by atoms with Gasteiger partial charge in [0.15, 0.2) is 17.5 Å². The number of fused-ring (bicyclic) bond motifs is 7. The zero-order chi connectivity index (χ0) is 42.1. The molecule has 0 aliphatic heterocycles. The van der Waals surface area contributed by atoms with Crippen LogP contribution in [0.25, 0.3) is 111 Å².